The summed E-state index contributed by atoms with van der Waals surface area (Å²) in [5.74, 6) is 4.95. The first-order chi connectivity index (χ1) is 14.1. The number of aryl methyl sites for hydroxylation is 1. The van der Waals surface area contributed by atoms with Crippen LogP contribution in [0.5, 0.6) is 0 Å². The Balaban J connectivity index is 1.40. The van der Waals surface area contributed by atoms with Crippen LogP contribution < -0.4 is 10.6 Å². The van der Waals surface area contributed by atoms with E-state index in [2.05, 4.69) is 38.3 Å². The summed E-state index contributed by atoms with van der Waals surface area (Å²) in [4.78, 5) is 6.21. The third-order valence-corrected chi connectivity index (χ3v) is 7.87. The molecule has 158 valence electrons. The Morgan fingerprint density at radius 3 is 3.10 bits per heavy atom. The minimum absolute atomic E-state index is 0.0589. The van der Waals surface area contributed by atoms with Crippen LogP contribution in [0.4, 0.5) is 0 Å². The molecule has 2 aromatic rings. The first-order valence-electron chi connectivity index (χ1n) is 10.3. The number of thiophene rings is 1. The molecule has 4 heterocycles. The van der Waals surface area contributed by atoms with E-state index in [0.717, 1.165) is 62.2 Å². The van der Waals surface area contributed by atoms with Gasteiger partial charge in [0.25, 0.3) is 0 Å². The maximum absolute atomic E-state index is 6.17. The molecule has 9 heteroatoms. The Labute approximate surface area is 180 Å². The molecule has 1 spiro atoms. The van der Waals surface area contributed by atoms with Gasteiger partial charge in [-0.25, -0.2) is 4.99 Å². The molecule has 2 fully saturated rings. The van der Waals surface area contributed by atoms with Crippen LogP contribution in [0.1, 0.15) is 35.8 Å². The molecule has 2 atom stereocenters. The van der Waals surface area contributed by atoms with Crippen molar-refractivity contribution in [1.29, 1.82) is 0 Å². The van der Waals surface area contributed by atoms with E-state index in [1.165, 1.54) is 10.6 Å². The van der Waals surface area contributed by atoms with Gasteiger partial charge in [0.05, 0.1) is 5.60 Å². The summed E-state index contributed by atoms with van der Waals surface area (Å²) in [5.41, 5.74) is 0.0589. The SMILES string of the molecule is Cc1nnc(CN=C(NCCc2cccs2)NC2CCOC3(CCSC3)C2)n1C. The van der Waals surface area contributed by atoms with Crippen LogP contribution in [-0.4, -0.2) is 57.0 Å². The molecule has 2 aromatic heterocycles. The van der Waals surface area contributed by atoms with Gasteiger partial charge in [0.1, 0.15) is 12.4 Å². The zero-order chi connectivity index (χ0) is 20.1. The van der Waals surface area contributed by atoms with Gasteiger partial charge in [-0.05, 0) is 49.8 Å². The highest BCUT2D eigenvalue weighted by atomic mass is 32.2. The first-order valence-corrected chi connectivity index (χ1v) is 12.3. The molecule has 2 aliphatic heterocycles. The van der Waals surface area contributed by atoms with Crippen molar-refractivity contribution in [3.8, 4) is 0 Å². The van der Waals surface area contributed by atoms with E-state index >= 15 is 0 Å². The first kappa shape index (κ1) is 20.7. The maximum atomic E-state index is 6.17. The number of aliphatic imine (C=N–C) groups is 1. The predicted octanol–water partition coefficient (Wildman–Crippen LogP) is 2.52. The second-order valence-corrected chi connectivity index (χ2v) is 9.95. The van der Waals surface area contributed by atoms with Gasteiger partial charge in [0.15, 0.2) is 11.8 Å². The van der Waals surface area contributed by atoms with E-state index in [1.54, 1.807) is 11.3 Å². The van der Waals surface area contributed by atoms with Crippen LogP contribution >= 0.6 is 23.1 Å². The summed E-state index contributed by atoms with van der Waals surface area (Å²) in [5, 5.41) is 17.7. The van der Waals surface area contributed by atoms with Crippen LogP contribution in [0.2, 0.25) is 0 Å². The molecule has 0 bridgehead atoms. The number of hydrogen-bond donors (Lipinski definition) is 2. The van der Waals surface area contributed by atoms with Crippen molar-refractivity contribution < 1.29 is 4.74 Å². The van der Waals surface area contributed by atoms with Gasteiger partial charge in [-0.2, -0.15) is 11.8 Å². The molecular formula is C20H30N6OS2. The number of nitrogens with zero attached hydrogens (tertiary/aromatic N) is 4. The molecular weight excluding hydrogens is 404 g/mol. The van der Waals surface area contributed by atoms with Crippen LogP contribution in [-0.2, 0) is 24.8 Å². The Bertz CT molecular complexity index is 813. The Kier molecular flexibility index (Phi) is 6.77. The zero-order valence-electron chi connectivity index (χ0n) is 17.2. The lowest BCUT2D eigenvalue weighted by Gasteiger charge is -2.38. The lowest BCUT2D eigenvalue weighted by Crippen LogP contribution is -2.51. The van der Waals surface area contributed by atoms with Gasteiger partial charge in [-0.1, -0.05) is 6.07 Å². The largest absolute Gasteiger partial charge is 0.374 e. The lowest BCUT2D eigenvalue weighted by molar-refractivity contribution is -0.0679. The highest BCUT2D eigenvalue weighted by Crippen LogP contribution is 2.38. The average molecular weight is 435 g/mol. The van der Waals surface area contributed by atoms with Crippen LogP contribution in [0.15, 0.2) is 22.5 Å². The number of hydrogen-bond acceptors (Lipinski definition) is 6. The fraction of sp³-hybridized carbons (Fsp3) is 0.650. The Morgan fingerprint density at radius 2 is 2.38 bits per heavy atom. The standard InChI is InChI=1S/C20H30N6OS2/c1-15-24-25-18(26(15)2)13-22-19(21-8-5-17-4-3-10-29-17)23-16-6-9-27-20(12-16)7-11-28-14-20/h3-4,10,16H,5-9,11-14H2,1-2H3,(H2,21,22,23). The van der Waals surface area contributed by atoms with E-state index < -0.39 is 0 Å². The molecule has 2 N–H and O–H groups in total. The van der Waals surface area contributed by atoms with E-state index in [9.17, 15) is 0 Å². The number of guanidine groups is 1. The summed E-state index contributed by atoms with van der Waals surface area (Å²) < 4.78 is 8.17. The summed E-state index contributed by atoms with van der Waals surface area (Å²) >= 11 is 3.81. The molecule has 2 aliphatic rings. The number of rotatable bonds is 6. The molecule has 0 aromatic carbocycles. The quantitative estimate of drug-likeness (QED) is 0.537. The van der Waals surface area contributed by atoms with Gasteiger partial charge in [0.2, 0.25) is 0 Å². The topological polar surface area (TPSA) is 76.4 Å². The molecule has 29 heavy (non-hydrogen) atoms. The molecule has 4 rings (SSSR count). The van der Waals surface area contributed by atoms with E-state index in [-0.39, 0.29) is 5.60 Å². The van der Waals surface area contributed by atoms with Crippen molar-refractivity contribution >= 4 is 29.1 Å². The smallest absolute Gasteiger partial charge is 0.191 e. The minimum atomic E-state index is 0.0589. The predicted molar refractivity (Wildman–Crippen MR) is 120 cm³/mol. The van der Waals surface area contributed by atoms with Crippen molar-refractivity contribution in [2.24, 2.45) is 12.0 Å². The van der Waals surface area contributed by atoms with Gasteiger partial charge in [-0.3, -0.25) is 0 Å². The molecule has 7 nitrogen and oxygen atoms in total. The number of thioether (sulfide) groups is 1. The normalized spacial score (nSPS) is 24.9. The van der Waals surface area contributed by atoms with Crippen molar-refractivity contribution in [1.82, 2.24) is 25.4 Å². The summed E-state index contributed by atoms with van der Waals surface area (Å²) in [6.07, 6.45) is 4.22. The number of ether oxygens (including phenoxy) is 1. The summed E-state index contributed by atoms with van der Waals surface area (Å²) in [6.45, 7) is 4.15. The number of nitrogens with one attached hydrogen (secondary N) is 2. The molecule has 0 amide bonds. The molecule has 2 saturated heterocycles. The second kappa shape index (κ2) is 9.49. The monoisotopic (exact) mass is 434 g/mol. The highest BCUT2D eigenvalue weighted by Gasteiger charge is 2.40. The van der Waals surface area contributed by atoms with E-state index in [0.29, 0.717) is 12.6 Å². The zero-order valence-corrected chi connectivity index (χ0v) is 18.8. The van der Waals surface area contributed by atoms with Crippen molar-refractivity contribution in [3.63, 3.8) is 0 Å². The average Bonchev–Trinajstić information content (AvgIpc) is 3.45. The third kappa shape index (κ3) is 5.32. The van der Waals surface area contributed by atoms with Gasteiger partial charge in [0, 0.05) is 36.9 Å². The molecule has 2 unspecified atom stereocenters. The van der Waals surface area contributed by atoms with Crippen LogP contribution in [0.3, 0.4) is 0 Å². The fourth-order valence-corrected chi connectivity index (χ4v) is 5.94. The fourth-order valence-electron chi connectivity index (χ4n) is 3.86. The van der Waals surface area contributed by atoms with Crippen molar-refractivity contribution in [2.45, 2.75) is 50.8 Å². The lowest BCUT2D eigenvalue weighted by atomic mass is 9.90. The molecule has 0 radical (unpaired) electrons. The maximum Gasteiger partial charge on any atom is 0.191 e. The van der Waals surface area contributed by atoms with Gasteiger partial charge >= 0.3 is 0 Å². The highest BCUT2D eigenvalue weighted by molar-refractivity contribution is 7.99. The third-order valence-electron chi connectivity index (χ3n) is 5.71. The number of aromatic nitrogens is 3. The Morgan fingerprint density at radius 1 is 1.45 bits per heavy atom. The summed E-state index contributed by atoms with van der Waals surface area (Å²) in [6, 6.07) is 4.67. The van der Waals surface area contributed by atoms with E-state index in [1.807, 2.05) is 30.3 Å². The van der Waals surface area contributed by atoms with Crippen LogP contribution in [0, 0.1) is 6.92 Å². The minimum Gasteiger partial charge on any atom is -0.374 e. The van der Waals surface area contributed by atoms with Gasteiger partial charge in [-0.15, -0.1) is 21.5 Å². The summed E-state index contributed by atoms with van der Waals surface area (Å²) in [7, 11) is 1.98. The second-order valence-electron chi connectivity index (χ2n) is 7.81. The van der Waals surface area contributed by atoms with Crippen molar-refractivity contribution in [3.05, 3.63) is 34.0 Å². The van der Waals surface area contributed by atoms with Crippen molar-refractivity contribution in [2.75, 3.05) is 24.7 Å². The van der Waals surface area contributed by atoms with Crippen LogP contribution in [0.25, 0.3) is 0 Å². The molecule has 0 aliphatic carbocycles. The molecule has 0 saturated carbocycles. The van der Waals surface area contributed by atoms with Gasteiger partial charge < -0.3 is 19.9 Å². The Hall–Kier alpha value is -1.58. The van der Waals surface area contributed by atoms with E-state index in [4.69, 9.17) is 9.73 Å².